The van der Waals surface area contributed by atoms with Gasteiger partial charge in [-0.2, -0.15) is 0 Å². The number of carbonyl (C=O) groups is 1. The number of hydrogen-bond acceptors (Lipinski definition) is 3. The van der Waals surface area contributed by atoms with Crippen molar-refractivity contribution in [1.82, 2.24) is 15.3 Å². The smallest absolute Gasteiger partial charge is 0.261 e. The van der Waals surface area contributed by atoms with Gasteiger partial charge in [-0.05, 0) is 23.8 Å². The topological polar surface area (TPSA) is 67.0 Å². The Kier molecular flexibility index (Phi) is 3.60. The monoisotopic (exact) mass is 291 g/mol. The van der Waals surface area contributed by atoms with Gasteiger partial charge in [-0.15, -0.1) is 0 Å². The number of ether oxygens (including phenoxy) is 1. The number of aromatic amines is 1. The van der Waals surface area contributed by atoms with Crippen LogP contribution in [0.4, 0.5) is 0 Å². The summed E-state index contributed by atoms with van der Waals surface area (Å²) >= 11 is 5.93. The summed E-state index contributed by atoms with van der Waals surface area (Å²) in [5.74, 6) is 0.639. The number of rotatable bonds is 4. The summed E-state index contributed by atoms with van der Waals surface area (Å²) in [6.45, 7) is 0.554. The van der Waals surface area contributed by atoms with Crippen LogP contribution in [-0.4, -0.2) is 28.5 Å². The first-order valence-corrected chi connectivity index (χ1v) is 6.80. The predicted octanol–water partition coefficient (Wildman–Crippen LogP) is 1.73. The molecule has 1 unspecified atom stereocenters. The molecule has 0 saturated carbocycles. The predicted molar refractivity (Wildman–Crippen MR) is 74.9 cm³/mol. The summed E-state index contributed by atoms with van der Waals surface area (Å²) in [4.78, 5) is 19.0. The second kappa shape index (κ2) is 5.54. The molecule has 6 heteroatoms. The third kappa shape index (κ3) is 2.77. The van der Waals surface area contributed by atoms with E-state index in [1.165, 1.54) is 0 Å². The Bertz CT molecular complexity index is 613. The van der Waals surface area contributed by atoms with Gasteiger partial charge in [-0.25, -0.2) is 4.98 Å². The van der Waals surface area contributed by atoms with E-state index in [1.54, 1.807) is 24.7 Å². The number of H-pyrrole nitrogens is 1. The second-order valence-electron chi connectivity index (χ2n) is 4.68. The fraction of sp³-hybridized carbons (Fsp3) is 0.286. The van der Waals surface area contributed by atoms with Gasteiger partial charge in [0.25, 0.3) is 5.91 Å². The van der Waals surface area contributed by atoms with Crippen LogP contribution in [0, 0.1) is 0 Å². The maximum absolute atomic E-state index is 12.0. The minimum absolute atomic E-state index is 0.100. The van der Waals surface area contributed by atoms with Crippen LogP contribution >= 0.6 is 11.6 Å². The number of hydrogen-bond donors (Lipinski definition) is 2. The Hall–Kier alpha value is -2.01. The van der Waals surface area contributed by atoms with Crippen molar-refractivity contribution in [2.75, 3.05) is 6.54 Å². The average molecular weight is 292 g/mol. The summed E-state index contributed by atoms with van der Waals surface area (Å²) in [5.41, 5.74) is 1.97. The van der Waals surface area contributed by atoms with Crippen LogP contribution in [0.25, 0.3) is 0 Å². The number of aromatic nitrogens is 2. The molecule has 0 bridgehead atoms. The highest BCUT2D eigenvalue weighted by Crippen LogP contribution is 2.31. The first-order chi connectivity index (χ1) is 9.72. The first kappa shape index (κ1) is 13.0. The van der Waals surface area contributed by atoms with Crippen molar-refractivity contribution in [2.24, 2.45) is 0 Å². The summed E-state index contributed by atoms with van der Waals surface area (Å²) in [6.07, 6.45) is 4.18. The molecule has 0 spiro atoms. The van der Waals surface area contributed by atoms with E-state index in [9.17, 15) is 4.79 Å². The molecule has 2 heterocycles. The minimum atomic E-state index is -0.467. The Morgan fingerprint density at radius 1 is 1.55 bits per heavy atom. The molecule has 1 aliphatic heterocycles. The van der Waals surface area contributed by atoms with E-state index in [1.807, 2.05) is 6.07 Å². The molecule has 1 aliphatic rings. The van der Waals surface area contributed by atoms with Crippen molar-refractivity contribution in [3.05, 3.63) is 47.0 Å². The minimum Gasteiger partial charge on any atom is -0.480 e. The third-order valence-electron chi connectivity index (χ3n) is 3.24. The number of nitrogens with one attached hydrogen (secondary N) is 2. The van der Waals surface area contributed by atoms with Crippen LogP contribution in [0.3, 0.4) is 0 Å². The molecule has 2 aromatic rings. The Labute approximate surface area is 121 Å². The summed E-state index contributed by atoms with van der Waals surface area (Å²) in [7, 11) is 0. The van der Waals surface area contributed by atoms with Crippen LogP contribution in [0.5, 0.6) is 5.75 Å². The van der Waals surface area contributed by atoms with Crippen molar-refractivity contribution in [1.29, 1.82) is 0 Å². The van der Waals surface area contributed by atoms with E-state index in [4.69, 9.17) is 16.3 Å². The van der Waals surface area contributed by atoms with E-state index in [2.05, 4.69) is 15.3 Å². The van der Waals surface area contributed by atoms with Gasteiger partial charge in [0.1, 0.15) is 5.75 Å². The van der Waals surface area contributed by atoms with E-state index >= 15 is 0 Å². The number of benzene rings is 1. The van der Waals surface area contributed by atoms with E-state index in [0.29, 0.717) is 18.0 Å². The van der Waals surface area contributed by atoms with Gasteiger partial charge in [-0.1, -0.05) is 11.6 Å². The molecule has 20 heavy (non-hydrogen) atoms. The van der Waals surface area contributed by atoms with Crippen LogP contribution < -0.4 is 10.1 Å². The molecule has 104 valence electrons. The average Bonchev–Trinajstić information content (AvgIpc) is 3.06. The quantitative estimate of drug-likeness (QED) is 0.901. The van der Waals surface area contributed by atoms with E-state index in [0.717, 1.165) is 23.4 Å². The molecule has 2 N–H and O–H groups in total. The lowest BCUT2D eigenvalue weighted by Crippen LogP contribution is -2.38. The second-order valence-corrected chi connectivity index (χ2v) is 5.12. The van der Waals surface area contributed by atoms with Crippen LogP contribution in [0.2, 0.25) is 5.02 Å². The highest BCUT2D eigenvalue weighted by atomic mass is 35.5. The lowest BCUT2D eigenvalue weighted by atomic mass is 10.1. The highest BCUT2D eigenvalue weighted by Gasteiger charge is 2.28. The van der Waals surface area contributed by atoms with Crippen molar-refractivity contribution in [2.45, 2.75) is 18.9 Å². The Morgan fingerprint density at radius 3 is 3.25 bits per heavy atom. The molecular formula is C14H14ClN3O2. The van der Waals surface area contributed by atoms with Gasteiger partial charge in [0, 0.05) is 36.3 Å². The molecule has 1 amide bonds. The van der Waals surface area contributed by atoms with Crippen molar-refractivity contribution >= 4 is 17.5 Å². The number of nitrogens with zero attached hydrogens (tertiary/aromatic N) is 1. The summed E-state index contributed by atoms with van der Waals surface area (Å²) < 4.78 is 5.62. The van der Waals surface area contributed by atoms with Crippen molar-refractivity contribution in [3.63, 3.8) is 0 Å². The van der Waals surface area contributed by atoms with Gasteiger partial charge in [-0.3, -0.25) is 4.79 Å². The fourth-order valence-corrected chi connectivity index (χ4v) is 2.41. The normalized spacial score (nSPS) is 16.6. The van der Waals surface area contributed by atoms with Gasteiger partial charge < -0.3 is 15.0 Å². The van der Waals surface area contributed by atoms with E-state index < -0.39 is 6.10 Å². The fourth-order valence-electron chi connectivity index (χ4n) is 2.22. The highest BCUT2D eigenvalue weighted by molar-refractivity contribution is 6.30. The summed E-state index contributed by atoms with van der Waals surface area (Å²) in [5, 5.41) is 3.53. The van der Waals surface area contributed by atoms with Crippen molar-refractivity contribution in [3.8, 4) is 5.75 Å². The molecular weight excluding hydrogens is 278 g/mol. The molecule has 5 nitrogen and oxygen atoms in total. The largest absolute Gasteiger partial charge is 0.480 e. The zero-order valence-electron chi connectivity index (χ0n) is 10.7. The lowest BCUT2D eigenvalue weighted by molar-refractivity contribution is -0.127. The maximum atomic E-state index is 12.0. The lowest BCUT2D eigenvalue weighted by Gasteiger charge is -2.10. The van der Waals surface area contributed by atoms with Crippen LogP contribution in [-0.2, 0) is 17.6 Å². The molecule has 1 atom stereocenters. The SMILES string of the molecule is O=C(NCCc1cnc[nH]1)C1Cc2cc(Cl)ccc2O1. The molecule has 3 rings (SSSR count). The van der Waals surface area contributed by atoms with Gasteiger partial charge in [0.15, 0.2) is 6.10 Å². The Morgan fingerprint density at radius 2 is 2.45 bits per heavy atom. The molecule has 1 aromatic heterocycles. The maximum Gasteiger partial charge on any atom is 0.261 e. The van der Waals surface area contributed by atoms with Crippen LogP contribution in [0.1, 0.15) is 11.3 Å². The van der Waals surface area contributed by atoms with Crippen LogP contribution in [0.15, 0.2) is 30.7 Å². The van der Waals surface area contributed by atoms with E-state index in [-0.39, 0.29) is 5.91 Å². The van der Waals surface area contributed by atoms with Gasteiger partial charge in [0.05, 0.1) is 6.33 Å². The number of fused-ring (bicyclic) bond motifs is 1. The number of amides is 1. The molecule has 1 aromatic carbocycles. The molecule has 0 saturated heterocycles. The summed E-state index contributed by atoms with van der Waals surface area (Å²) in [6, 6.07) is 5.41. The molecule has 0 radical (unpaired) electrons. The zero-order chi connectivity index (χ0) is 13.9. The zero-order valence-corrected chi connectivity index (χ0v) is 11.5. The first-order valence-electron chi connectivity index (χ1n) is 6.42. The number of carbonyl (C=O) groups excluding carboxylic acids is 1. The number of imidazole rings is 1. The third-order valence-corrected chi connectivity index (χ3v) is 3.47. The van der Waals surface area contributed by atoms with Crippen molar-refractivity contribution < 1.29 is 9.53 Å². The molecule has 0 aliphatic carbocycles. The Balaban J connectivity index is 1.52. The van der Waals surface area contributed by atoms with Gasteiger partial charge in [0.2, 0.25) is 0 Å². The van der Waals surface area contributed by atoms with Gasteiger partial charge >= 0.3 is 0 Å². The standard InChI is InChI=1S/C14H14ClN3O2/c15-10-1-2-12-9(5-10)6-13(20-12)14(19)17-4-3-11-7-16-8-18-11/h1-2,5,7-8,13H,3-4,6H2,(H,16,18)(H,17,19). The molecule has 0 fully saturated rings. The number of halogens is 1.